The molecule has 3 rings (SSSR count). The molecule has 0 aliphatic heterocycles. The lowest BCUT2D eigenvalue weighted by Gasteiger charge is -2.24. The summed E-state index contributed by atoms with van der Waals surface area (Å²) in [6.45, 7) is 0. The molecule has 2 aromatic rings. The topological polar surface area (TPSA) is 31.2 Å². The van der Waals surface area contributed by atoms with E-state index in [0.717, 1.165) is 6.42 Å². The molecule has 0 radical (unpaired) electrons. The maximum atomic E-state index is 13.2. The lowest BCUT2D eigenvalue weighted by molar-refractivity contribution is -0.138. The minimum Gasteiger partial charge on any atom is -0.497 e. The fourth-order valence-electron chi connectivity index (χ4n) is 3.10. The van der Waals surface area contributed by atoms with Crippen LogP contribution >= 0.6 is 0 Å². The highest BCUT2D eigenvalue weighted by atomic mass is 19.4. The summed E-state index contributed by atoms with van der Waals surface area (Å²) in [6.07, 6.45) is -2.19. The molecular weight excluding hydrogens is 307 g/mol. The highest BCUT2D eigenvalue weighted by molar-refractivity contribution is 5.44. The summed E-state index contributed by atoms with van der Waals surface area (Å²) in [6, 6.07) is 7.46. The van der Waals surface area contributed by atoms with Gasteiger partial charge in [0.2, 0.25) is 0 Å². The van der Waals surface area contributed by atoms with Crippen molar-refractivity contribution in [2.45, 2.75) is 31.9 Å². The molecule has 0 spiro atoms. The van der Waals surface area contributed by atoms with Gasteiger partial charge in [0.1, 0.15) is 5.75 Å². The Kier molecular flexibility index (Phi) is 3.92. The number of rotatable bonds is 2. The number of fused-ring (bicyclic) bond motifs is 1. The van der Waals surface area contributed by atoms with E-state index < -0.39 is 17.3 Å². The highest BCUT2D eigenvalue weighted by Crippen LogP contribution is 2.36. The van der Waals surface area contributed by atoms with E-state index in [-0.39, 0.29) is 5.56 Å². The Labute approximate surface area is 131 Å². The fraction of sp³-hybridized carbons (Fsp3) is 0.353. The van der Waals surface area contributed by atoms with Crippen LogP contribution in [-0.4, -0.2) is 11.7 Å². The number of nitrogens with zero attached hydrogens (tertiary/aromatic N) is 1. The molecule has 0 bridgehead atoms. The van der Waals surface area contributed by atoms with Crippen LogP contribution < -0.4 is 10.3 Å². The standard InChI is InChI=1S/C17H16F3NO2/c1-23-12-8-6-11(7-9-12)21-15-5-3-2-4-13(15)14(10-16(21)22)17(18,19)20/h6-10H,2-5H2,1H3. The number of halogens is 3. The van der Waals surface area contributed by atoms with Crippen molar-refractivity contribution in [1.29, 1.82) is 0 Å². The molecule has 1 aliphatic carbocycles. The predicted octanol–water partition coefficient (Wildman–Crippen LogP) is 3.74. The Bertz CT molecular complexity index is 776. The molecular formula is C17H16F3NO2. The van der Waals surface area contributed by atoms with Crippen molar-refractivity contribution in [3.8, 4) is 11.4 Å². The number of methoxy groups -OCH3 is 1. The van der Waals surface area contributed by atoms with Crippen molar-refractivity contribution in [1.82, 2.24) is 4.57 Å². The van der Waals surface area contributed by atoms with Crippen LogP contribution in [0.2, 0.25) is 0 Å². The average molecular weight is 323 g/mol. The van der Waals surface area contributed by atoms with Crippen LogP contribution in [0.15, 0.2) is 35.1 Å². The minimum absolute atomic E-state index is 0.249. The molecule has 0 N–H and O–H groups in total. The Balaban J connectivity index is 2.23. The number of aromatic nitrogens is 1. The summed E-state index contributed by atoms with van der Waals surface area (Å²) < 4.78 is 46.1. The minimum atomic E-state index is -4.50. The van der Waals surface area contributed by atoms with Gasteiger partial charge >= 0.3 is 6.18 Å². The molecule has 0 atom stereocenters. The van der Waals surface area contributed by atoms with Crippen molar-refractivity contribution < 1.29 is 17.9 Å². The van der Waals surface area contributed by atoms with Gasteiger partial charge in [-0.2, -0.15) is 13.2 Å². The second-order valence-electron chi connectivity index (χ2n) is 5.56. The molecule has 0 amide bonds. The normalized spacial score (nSPS) is 14.4. The zero-order valence-electron chi connectivity index (χ0n) is 12.6. The largest absolute Gasteiger partial charge is 0.497 e. The van der Waals surface area contributed by atoms with E-state index in [1.807, 2.05) is 0 Å². The van der Waals surface area contributed by atoms with E-state index in [9.17, 15) is 18.0 Å². The molecule has 1 aliphatic rings. The number of hydrogen-bond acceptors (Lipinski definition) is 2. The summed E-state index contributed by atoms with van der Waals surface area (Å²) >= 11 is 0. The van der Waals surface area contributed by atoms with Crippen molar-refractivity contribution >= 4 is 0 Å². The first-order valence-corrected chi connectivity index (χ1v) is 7.41. The van der Waals surface area contributed by atoms with E-state index >= 15 is 0 Å². The van der Waals surface area contributed by atoms with Gasteiger partial charge in [-0.3, -0.25) is 9.36 Å². The van der Waals surface area contributed by atoms with Crippen LogP contribution in [0.1, 0.15) is 29.7 Å². The molecule has 0 saturated heterocycles. The lowest BCUT2D eigenvalue weighted by atomic mass is 9.91. The summed E-state index contributed by atoms with van der Waals surface area (Å²) in [5, 5.41) is 0. The number of benzene rings is 1. The molecule has 1 heterocycles. The molecule has 1 aromatic carbocycles. The van der Waals surface area contributed by atoms with Crippen LogP contribution in [0, 0.1) is 0 Å². The van der Waals surface area contributed by atoms with Crippen molar-refractivity contribution in [2.24, 2.45) is 0 Å². The number of ether oxygens (including phenoxy) is 1. The zero-order valence-corrected chi connectivity index (χ0v) is 12.6. The molecule has 1 aromatic heterocycles. The van der Waals surface area contributed by atoms with Crippen LogP contribution in [0.5, 0.6) is 5.75 Å². The Morgan fingerprint density at radius 3 is 2.35 bits per heavy atom. The third-order valence-electron chi connectivity index (χ3n) is 4.16. The maximum Gasteiger partial charge on any atom is 0.416 e. The smallest absolute Gasteiger partial charge is 0.416 e. The monoisotopic (exact) mass is 323 g/mol. The van der Waals surface area contributed by atoms with E-state index in [1.54, 1.807) is 24.3 Å². The van der Waals surface area contributed by atoms with Crippen molar-refractivity contribution in [2.75, 3.05) is 7.11 Å². The second-order valence-corrected chi connectivity index (χ2v) is 5.56. The van der Waals surface area contributed by atoms with Crippen molar-refractivity contribution in [3.63, 3.8) is 0 Å². The fourth-order valence-corrected chi connectivity index (χ4v) is 3.10. The van der Waals surface area contributed by atoms with Crippen LogP contribution in [0.4, 0.5) is 13.2 Å². The Hall–Kier alpha value is -2.24. The highest BCUT2D eigenvalue weighted by Gasteiger charge is 2.36. The first kappa shape index (κ1) is 15.6. The van der Waals surface area contributed by atoms with Crippen molar-refractivity contribution in [3.05, 3.63) is 57.5 Å². The first-order valence-electron chi connectivity index (χ1n) is 7.41. The quantitative estimate of drug-likeness (QED) is 0.843. The third-order valence-corrected chi connectivity index (χ3v) is 4.16. The van der Waals surface area contributed by atoms with Gasteiger partial charge in [0.15, 0.2) is 0 Å². The van der Waals surface area contributed by atoms with Gasteiger partial charge in [-0.05, 0) is 55.5 Å². The lowest BCUT2D eigenvalue weighted by Crippen LogP contribution is -2.29. The van der Waals surface area contributed by atoms with Gasteiger partial charge in [-0.1, -0.05) is 0 Å². The van der Waals surface area contributed by atoms with Gasteiger partial charge in [0.05, 0.1) is 12.7 Å². The molecule has 0 fully saturated rings. The SMILES string of the molecule is COc1ccc(-n2c3c(c(C(F)(F)F)cc2=O)CCCC3)cc1. The molecule has 6 heteroatoms. The maximum absolute atomic E-state index is 13.2. The summed E-state index contributed by atoms with van der Waals surface area (Å²) in [5.41, 5.74) is -0.159. The van der Waals surface area contributed by atoms with E-state index in [0.29, 0.717) is 42.5 Å². The molecule has 0 saturated carbocycles. The summed E-state index contributed by atoms with van der Waals surface area (Å²) in [5.74, 6) is 0.627. The molecule has 3 nitrogen and oxygen atoms in total. The van der Waals surface area contributed by atoms with E-state index in [1.165, 1.54) is 11.7 Å². The van der Waals surface area contributed by atoms with Crippen LogP contribution in [0.25, 0.3) is 5.69 Å². The summed E-state index contributed by atoms with van der Waals surface area (Å²) in [4.78, 5) is 12.3. The molecule has 23 heavy (non-hydrogen) atoms. The number of pyridine rings is 1. The zero-order chi connectivity index (χ0) is 16.6. The molecule has 122 valence electrons. The predicted molar refractivity (Wildman–Crippen MR) is 80.2 cm³/mol. The van der Waals surface area contributed by atoms with Gasteiger partial charge in [0.25, 0.3) is 5.56 Å². The summed E-state index contributed by atoms with van der Waals surface area (Å²) in [7, 11) is 1.53. The van der Waals surface area contributed by atoms with Gasteiger partial charge in [-0.25, -0.2) is 0 Å². The number of hydrogen-bond donors (Lipinski definition) is 0. The van der Waals surface area contributed by atoms with E-state index in [2.05, 4.69) is 0 Å². The van der Waals surface area contributed by atoms with Crippen LogP contribution in [0.3, 0.4) is 0 Å². The van der Waals surface area contributed by atoms with Gasteiger partial charge in [0, 0.05) is 17.4 Å². The van der Waals surface area contributed by atoms with Gasteiger partial charge < -0.3 is 4.74 Å². The van der Waals surface area contributed by atoms with E-state index in [4.69, 9.17) is 4.74 Å². The Morgan fingerprint density at radius 2 is 1.74 bits per heavy atom. The second kappa shape index (κ2) is 5.76. The Morgan fingerprint density at radius 1 is 1.09 bits per heavy atom. The van der Waals surface area contributed by atoms with Crippen LogP contribution in [-0.2, 0) is 19.0 Å². The third kappa shape index (κ3) is 2.85. The molecule has 0 unspecified atom stereocenters. The van der Waals surface area contributed by atoms with Gasteiger partial charge in [-0.15, -0.1) is 0 Å². The average Bonchev–Trinajstić information content (AvgIpc) is 2.53. The first-order chi connectivity index (χ1) is 10.9. The number of alkyl halides is 3.